The van der Waals surface area contributed by atoms with E-state index in [1.807, 2.05) is 0 Å². The molecule has 0 aromatic heterocycles. The molecule has 2 heteroatoms. The summed E-state index contributed by atoms with van der Waals surface area (Å²) in [4.78, 5) is 2.60. The Morgan fingerprint density at radius 2 is 1.76 bits per heavy atom. The van der Waals surface area contributed by atoms with Gasteiger partial charge in [-0.15, -0.1) is 0 Å². The Bertz CT molecular complexity index is 325. The van der Waals surface area contributed by atoms with Crippen molar-refractivity contribution in [2.75, 3.05) is 19.6 Å². The lowest BCUT2D eigenvalue weighted by molar-refractivity contribution is 0.219. The molecule has 1 aromatic carbocycles. The third-order valence-electron chi connectivity index (χ3n) is 3.77. The average Bonchev–Trinajstić information content (AvgIpc) is 2.40. The van der Waals surface area contributed by atoms with Crippen molar-refractivity contribution >= 4 is 0 Å². The molecular weight excluding hydrogens is 208 g/mol. The van der Waals surface area contributed by atoms with Gasteiger partial charge in [0.1, 0.15) is 0 Å². The molecule has 1 aliphatic rings. The molecule has 0 saturated carbocycles. The Labute approximate surface area is 105 Å². The van der Waals surface area contributed by atoms with Gasteiger partial charge in [0.05, 0.1) is 0 Å². The Morgan fingerprint density at radius 3 is 2.35 bits per heavy atom. The molecule has 1 saturated heterocycles. The van der Waals surface area contributed by atoms with Crippen molar-refractivity contribution in [1.29, 1.82) is 0 Å². The smallest absolute Gasteiger partial charge is 0.0178 e. The molecule has 17 heavy (non-hydrogen) atoms. The number of benzene rings is 1. The zero-order valence-electron chi connectivity index (χ0n) is 10.9. The first-order valence-corrected chi connectivity index (χ1v) is 6.81. The van der Waals surface area contributed by atoms with E-state index in [0.29, 0.717) is 12.5 Å². The molecule has 0 radical (unpaired) electrons. The average molecular weight is 232 g/mol. The first-order chi connectivity index (χ1) is 8.29. The van der Waals surface area contributed by atoms with Crippen molar-refractivity contribution < 1.29 is 0 Å². The second-order valence-corrected chi connectivity index (χ2v) is 5.21. The lowest BCUT2D eigenvalue weighted by Crippen LogP contribution is -2.32. The number of hydrogen-bond donors (Lipinski definition) is 1. The van der Waals surface area contributed by atoms with Gasteiger partial charge in [-0.05, 0) is 43.0 Å². The van der Waals surface area contributed by atoms with Crippen molar-refractivity contribution in [3.8, 4) is 0 Å². The summed E-state index contributed by atoms with van der Waals surface area (Å²) >= 11 is 0. The number of rotatable bonds is 4. The van der Waals surface area contributed by atoms with Gasteiger partial charge in [0.15, 0.2) is 0 Å². The molecule has 1 fully saturated rings. The lowest BCUT2D eigenvalue weighted by atomic mass is 9.98. The van der Waals surface area contributed by atoms with Crippen molar-refractivity contribution in [3.63, 3.8) is 0 Å². The fourth-order valence-corrected chi connectivity index (χ4v) is 2.62. The summed E-state index contributed by atoms with van der Waals surface area (Å²) in [5.74, 6) is 0.625. The number of likely N-dealkylation sites (tertiary alicyclic amines) is 1. The molecule has 2 rings (SSSR count). The maximum absolute atomic E-state index is 5.62. The van der Waals surface area contributed by atoms with E-state index < -0.39 is 0 Å². The van der Waals surface area contributed by atoms with Gasteiger partial charge in [0, 0.05) is 13.1 Å². The second-order valence-electron chi connectivity index (χ2n) is 5.21. The van der Waals surface area contributed by atoms with Gasteiger partial charge in [0.2, 0.25) is 0 Å². The number of hydrogen-bond acceptors (Lipinski definition) is 2. The van der Waals surface area contributed by atoms with Crippen molar-refractivity contribution in [2.45, 2.75) is 38.6 Å². The predicted octanol–water partition coefficient (Wildman–Crippen LogP) is 2.73. The van der Waals surface area contributed by atoms with Crippen LogP contribution < -0.4 is 5.73 Å². The van der Waals surface area contributed by atoms with Crippen LogP contribution in [0.15, 0.2) is 24.3 Å². The summed E-state index contributed by atoms with van der Waals surface area (Å²) in [5.41, 5.74) is 8.28. The van der Waals surface area contributed by atoms with Gasteiger partial charge in [-0.25, -0.2) is 0 Å². The number of nitrogens with two attached hydrogens (primary N) is 1. The quantitative estimate of drug-likeness (QED) is 0.865. The SMILES string of the molecule is CC(CN1CCCCC1)c1ccc(CN)cc1. The molecular formula is C15H24N2. The van der Waals surface area contributed by atoms with Crippen LogP contribution in [0.4, 0.5) is 0 Å². The predicted molar refractivity (Wildman–Crippen MR) is 73.0 cm³/mol. The summed E-state index contributed by atoms with van der Waals surface area (Å²) in [5, 5.41) is 0. The third-order valence-corrected chi connectivity index (χ3v) is 3.77. The molecule has 0 amide bonds. The summed E-state index contributed by atoms with van der Waals surface area (Å²) in [6, 6.07) is 8.78. The molecule has 1 unspecified atom stereocenters. The fourth-order valence-electron chi connectivity index (χ4n) is 2.62. The zero-order chi connectivity index (χ0) is 12.1. The van der Waals surface area contributed by atoms with Crippen LogP contribution in [0.5, 0.6) is 0 Å². The van der Waals surface area contributed by atoms with Gasteiger partial charge in [-0.2, -0.15) is 0 Å². The van der Waals surface area contributed by atoms with E-state index in [-0.39, 0.29) is 0 Å². The molecule has 0 bridgehead atoms. The van der Waals surface area contributed by atoms with E-state index in [9.17, 15) is 0 Å². The molecule has 1 aromatic rings. The molecule has 0 spiro atoms. The fraction of sp³-hybridized carbons (Fsp3) is 0.600. The minimum absolute atomic E-state index is 0.625. The summed E-state index contributed by atoms with van der Waals surface area (Å²) in [6.45, 7) is 6.73. The van der Waals surface area contributed by atoms with Crippen molar-refractivity contribution in [1.82, 2.24) is 4.90 Å². The van der Waals surface area contributed by atoms with E-state index in [0.717, 1.165) is 0 Å². The molecule has 2 N–H and O–H groups in total. The summed E-state index contributed by atoms with van der Waals surface area (Å²) < 4.78 is 0. The maximum atomic E-state index is 5.62. The largest absolute Gasteiger partial charge is 0.326 e. The maximum Gasteiger partial charge on any atom is 0.0178 e. The molecule has 1 aliphatic heterocycles. The van der Waals surface area contributed by atoms with Crippen LogP contribution >= 0.6 is 0 Å². The Morgan fingerprint density at radius 1 is 1.12 bits per heavy atom. The van der Waals surface area contributed by atoms with Crippen molar-refractivity contribution in [2.24, 2.45) is 5.73 Å². The first-order valence-electron chi connectivity index (χ1n) is 6.81. The number of piperidine rings is 1. The van der Waals surface area contributed by atoms with Crippen LogP contribution in [0.2, 0.25) is 0 Å². The minimum Gasteiger partial charge on any atom is -0.326 e. The topological polar surface area (TPSA) is 29.3 Å². The normalized spacial score (nSPS) is 19.2. The van der Waals surface area contributed by atoms with E-state index >= 15 is 0 Å². The van der Waals surface area contributed by atoms with Gasteiger partial charge in [-0.1, -0.05) is 37.6 Å². The van der Waals surface area contributed by atoms with Gasteiger partial charge >= 0.3 is 0 Å². The highest BCUT2D eigenvalue weighted by Crippen LogP contribution is 2.19. The summed E-state index contributed by atoms with van der Waals surface area (Å²) in [6.07, 6.45) is 4.16. The monoisotopic (exact) mass is 232 g/mol. The Kier molecular flexibility index (Phi) is 4.57. The van der Waals surface area contributed by atoms with Crippen LogP contribution in [0.3, 0.4) is 0 Å². The Balaban J connectivity index is 1.91. The van der Waals surface area contributed by atoms with Crippen LogP contribution in [0.25, 0.3) is 0 Å². The molecule has 1 heterocycles. The van der Waals surface area contributed by atoms with Crippen LogP contribution in [0, 0.1) is 0 Å². The molecule has 0 aliphatic carbocycles. The highest BCUT2D eigenvalue weighted by Gasteiger charge is 2.14. The lowest BCUT2D eigenvalue weighted by Gasteiger charge is -2.29. The molecule has 2 nitrogen and oxygen atoms in total. The summed E-state index contributed by atoms with van der Waals surface area (Å²) in [7, 11) is 0. The van der Waals surface area contributed by atoms with E-state index in [1.165, 1.54) is 50.0 Å². The minimum atomic E-state index is 0.625. The highest BCUT2D eigenvalue weighted by atomic mass is 15.1. The van der Waals surface area contributed by atoms with Gasteiger partial charge in [0.25, 0.3) is 0 Å². The molecule has 94 valence electrons. The van der Waals surface area contributed by atoms with Crippen molar-refractivity contribution in [3.05, 3.63) is 35.4 Å². The van der Waals surface area contributed by atoms with Crippen LogP contribution in [-0.4, -0.2) is 24.5 Å². The van der Waals surface area contributed by atoms with Crippen LogP contribution in [-0.2, 0) is 6.54 Å². The highest BCUT2D eigenvalue weighted by molar-refractivity contribution is 5.25. The van der Waals surface area contributed by atoms with E-state index in [2.05, 4.69) is 36.1 Å². The standard InChI is InChI=1S/C15H24N2/c1-13(12-17-9-3-2-4-10-17)15-7-5-14(11-16)6-8-15/h5-8,13H,2-4,9-12,16H2,1H3. The first kappa shape index (κ1) is 12.6. The third kappa shape index (κ3) is 3.55. The van der Waals surface area contributed by atoms with E-state index in [4.69, 9.17) is 5.73 Å². The van der Waals surface area contributed by atoms with Gasteiger partial charge < -0.3 is 10.6 Å². The van der Waals surface area contributed by atoms with Crippen LogP contribution in [0.1, 0.15) is 43.2 Å². The number of nitrogens with zero attached hydrogens (tertiary/aromatic N) is 1. The zero-order valence-corrected chi connectivity index (χ0v) is 10.9. The second kappa shape index (κ2) is 6.18. The molecule has 1 atom stereocenters. The van der Waals surface area contributed by atoms with E-state index in [1.54, 1.807) is 0 Å². The Hall–Kier alpha value is -0.860. The van der Waals surface area contributed by atoms with Gasteiger partial charge in [-0.3, -0.25) is 0 Å².